The number of aromatic nitrogens is 2. The summed E-state index contributed by atoms with van der Waals surface area (Å²) in [5.41, 5.74) is 2.22. The van der Waals surface area contributed by atoms with E-state index in [0.717, 1.165) is 34.5 Å². The summed E-state index contributed by atoms with van der Waals surface area (Å²) < 4.78 is 4.35. The molecule has 0 bridgehead atoms. The number of hydrogen-bond donors (Lipinski definition) is 2. The molecule has 0 atom stereocenters. The molecule has 0 aliphatic rings. The van der Waals surface area contributed by atoms with Gasteiger partial charge >= 0.3 is 0 Å². The highest BCUT2D eigenvalue weighted by Crippen LogP contribution is 2.17. The van der Waals surface area contributed by atoms with E-state index in [2.05, 4.69) is 14.7 Å². The summed E-state index contributed by atoms with van der Waals surface area (Å²) in [6.45, 7) is 0.794. The van der Waals surface area contributed by atoms with Crippen LogP contribution in [0.15, 0.2) is 48.5 Å². The molecule has 0 aliphatic heterocycles. The molecule has 3 aromatic rings. The third-order valence-electron chi connectivity index (χ3n) is 3.34. The van der Waals surface area contributed by atoms with Crippen LogP contribution in [-0.2, 0) is 12.8 Å². The van der Waals surface area contributed by atoms with Gasteiger partial charge in [0.15, 0.2) is 0 Å². The third-order valence-corrected chi connectivity index (χ3v) is 4.31. The van der Waals surface area contributed by atoms with Crippen molar-refractivity contribution in [2.45, 2.75) is 12.8 Å². The lowest BCUT2D eigenvalue weighted by atomic mass is 10.1. The molecule has 118 valence electrons. The first-order valence-corrected chi connectivity index (χ1v) is 8.43. The maximum absolute atomic E-state index is 9.48. The van der Waals surface area contributed by atoms with Crippen molar-refractivity contribution in [2.24, 2.45) is 0 Å². The second kappa shape index (κ2) is 7.44. The molecule has 0 aliphatic carbocycles. The second-order valence-corrected chi connectivity index (χ2v) is 6.35. The van der Waals surface area contributed by atoms with Crippen LogP contribution in [0.4, 0.5) is 5.13 Å². The van der Waals surface area contributed by atoms with Crippen molar-refractivity contribution in [1.29, 1.82) is 0 Å². The number of hydrogen-bond acceptors (Lipinski definition) is 5. The predicted molar refractivity (Wildman–Crippen MR) is 94.5 cm³/mol. The Morgan fingerprint density at radius 2 is 1.91 bits per heavy atom. The van der Waals surface area contributed by atoms with Gasteiger partial charge in [0.05, 0.1) is 0 Å². The van der Waals surface area contributed by atoms with Gasteiger partial charge in [-0.05, 0) is 41.8 Å². The van der Waals surface area contributed by atoms with E-state index in [4.69, 9.17) is 11.6 Å². The lowest BCUT2D eigenvalue weighted by molar-refractivity contribution is 0.474. The minimum atomic E-state index is 0.263. The number of benzene rings is 2. The summed E-state index contributed by atoms with van der Waals surface area (Å²) in [6, 6.07) is 15.0. The van der Waals surface area contributed by atoms with E-state index in [1.807, 2.05) is 36.4 Å². The fourth-order valence-corrected chi connectivity index (χ4v) is 2.95. The first kappa shape index (κ1) is 15.8. The summed E-state index contributed by atoms with van der Waals surface area (Å²) in [4.78, 5) is 4.47. The van der Waals surface area contributed by atoms with Crippen molar-refractivity contribution in [3.8, 4) is 5.75 Å². The van der Waals surface area contributed by atoms with Crippen molar-refractivity contribution in [3.63, 3.8) is 0 Å². The number of anilines is 1. The van der Waals surface area contributed by atoms with Crippen molar-refractivity contribution < 1.29 is 5.11 Å². The van der Waals surface area contributed by atoms with Gasteiger partial charge in [0.1, 0.15) is 11.6 Å². The molecule has 0 spiro atoms. The Balaban J connectivity index is 1.52. The number of phenolic OH excluding ortho intramolecular Hbond substituents is 1. The summed E-state index contributed by atoms with van der Waals surface area (Å²) in [5, 5.41) is 14.3. The van der Waals surface area contributed by atoms with Crippen LogP contribution in [0.2, 0.25) is 5.02 Å². The van der Waals surface area contributed by atoms with Crippen molar-refractivity contribution in [2.75, 3.05) is 11.9 Å². The summed E-state index contributed by atoms with van der Waals surface area (Å²) in [6.07, 6.45) is 1.52. The number of phenols is 1. The second-order valence-electron chi connectivity index (χ2n) is 5.17. The third kappa shape index (κ3) is 4.68. The zero-order valence-corrected chi connectivity index (χ0v) is 13.9. The molecule has 0 saturated heterocycles. The molecule has 0 saturated carbocycles. The normalized spacial score (nSPS) is 10.7. The van der Waals surface area contributed by atoms with E-state index < -0.39 is 0 Å². The Labute approximate surface area is 144 Å². The Morgan fingerprint density at radius 1 is 1.09 bits per heavy atom. The Bertz CT molecular complexity index is 774. The van der Waals surface area contributed by atoms with E-state index in [9.17, 15) is 5.11 Å². The standard InChI is InChI=1S/C17H16ClN3OS/c18-14-6-4-12(5-7-14)8-9-19-17-20-16(21-23-17)11-13-2-1-3-15(22)10-13/h1-7,10,22H,8-9,11H2,(H,19,20,21). The first-order chi connectivity index (χ1) is 11.2. The van der Waals surface area contributed by atoms with E-state index in [-0.39, 0.29) is 5.75 Å². The topological polar surface area (TPSA) is 58.0 Å². The van der Waals surface area contributed by atoms with Crippen LogP contribution in [0.5, 0.6) is 5.75 Å². The van der Waals surface area contributed by atoms with Gasteiger partial charge in [-0.1, -0.05) is 35.9 Å². The monoisotopic (exact) mass is 345 g/mol. The Kier molecular flexibility index (Phi) is 5.10. The maximum Gasteiger partial charge on any atom is 0.202 e. The number of halogens is 1. The van der Waals surface area contributed by atoms with Crippen LogP contribution in [0.25, 0.3) is 0 Å². The van der Waals surface area contributed by atoms with E-state index in [0.29, 0.717) is 6.42 Å². The van der Waals surface area contributed by atoms with Crippen LogP contribution in [0, 0.1) is 0 Å². The smallest absolute Gasteiger partial charge is 0.202 e. The first-order valence-electron chi connectivity index (χ1n) is 7.28. The lowest BCUT2D eigenvalue weighted by Gasteiger charge is -2.02. The van der Waals surface area contributed by atoms with Gasteiger partial charge in [0.2, 0.25) is 5.13 Å². The van der Waals surface area contributed by atoms with Gasteiger partial charge < -0.3 is 10.4 Å². The highest BCUT2D eigenvalue weighted by Gasteiger charge is 2.05. The van der Waals surface area contributed by atoms with Gasteiger partial charge in [0, 0.05) is 29.5 Å². The van der Waals surface area contributed by atoms with Gasteiger partial charge in [-0.2, -0.15) is 4.37 Å². The van der Waals surface area contributed by atoms with E-state index in [1.165, 1.54) is 17.1 Å². The van der Waals surface area contributed by atoms with Crippen LogP contribution in [0.3, 0.4) is 0 Å². The molecule has 0 amide bonds. The molecular weight excluding hydrogens is 330 g/mol. The van der Waals surface area contributed by atoms with Crippen LogP contribution < -0.4 is 5.32 Å². The summed E-state index contributed by atoms with van der Waals surface area (Å²) in [5.74, 6) is 1.02. The van der Waals surface area contributed by atoms with E-state index in [1.54, 1.807) is 12.1 Å². The fraction of sp³-hybridized carbons (Fsp3) is 0.176. The molecule has 2 aromatic carbocycles. The van der Waals surface area contributed by atoms with Crippen molar-refractivity contribution in [3.05, 3.63) is 70.5 Å². The molecule has 0 radical (unpaired) electrons. The number of nitrogens with zero attached hydrogens (tertiary/aromatic N) is 2. The molecule has 6 heteroatoms. The Hall–Kier alpha value is -2.11. The van der Waals surface area contributed by atoms with Crippen LogP contribution >= 0.6 is 23.1 Å². The largest absolute Gasteiger partial charge is 0.508 e. The molecule has 23 heavy (non-hydrogen) atoms. The number of nitrogens with one attached hydrogen (secondary N) is 1. The highest BCUT2D eigenvalue weighted by atomic mass is 35.5. The average molecular weight is 346 g/mol. The zero-order valence-electron chi connectivity index (χ0n) is 12.4. The highest BCUT2D eigenvalue weighted by molar-refractivity contribution is 7.09. The molecule has 4 nitrogen and oxygen atoms in total. The zero-order chi connectivity index (χ0) is 16.1. The molecular formula is C17H16ClN3OS. The average Bonchev–Trinajstić information content (AvgIpc) is 2.97. The molecule has 0 unspecified atom stereocenters. The molecule has 2 N–H and O–H groups in total. The SMILES string of the molecule is Oc1cccc(Cc2nsc(NCCc3ccc(Cl)cc3)n2)c1. The van der Waals surface area contributed by atoms with Gasteiger partial charge in [-0.3, -0.25) is 0 Å². The lowest BCUT2D eigenvalue weighted by Crippen LogP contribution is -2.04. The van der Waals surface area contributed by atoms with Gasteiger partial charge in [-0.25, -0.2) is 4.98 Å². The molecule has 1 heterocycles. The van der Waals surface area contributed by atoms with Gasteiger partial charge in [0.25, 0.3) is 0 Å². The number of rotatable bonds is 6. The minimum Gasteiger partial charge on any atom is -0.508 e. The predicted octanol–water partition coefficient (Wildman–Crippen LogP) is 4.14. The summed E-state index contributed by atoms with van der Waals surface area (Å²) >= 11 is 7.23. The number of aromatic hydroxyl groups is 1. The van der Waals surface area contributed by atoms with Crippen molar-refractivity contribution in [1.82, 2.24) is 9.36 Å². The quantitative estimate of drug-likeness (QED) is 0.704. The molecule has 0 fully saturated rings. The fourth-order valence-electron chi connectivity index (χ4n) is 2.21. The van der Waals surface area contributed by atoms with Crippen molar-refractivity contribution >= 4 is 28.3 Å². The van der Waals surface area contributed by atoms with Crippen LogP contribution in [-0.4, -0.2) is 21.0 Å². The van der Waals surface area contributed by atoms with E-state index >= 15 is 0 Å². The summed E-state index contributed by atoms with van der Waals surface area (Å²) in [7, 11) is 0. The molecule has 3 rings (SSSR count). The minimum absolute atomic E-state index is 0.263. The van der Waals surface area contributed by atoms with Crippen LogP contribution in [0.1, 0.15) is 17.0 Å². The van der Waals surface area contributed by atoms with Gasteiger partial charge in [-0.15, -0.1) is 0 Å². The molecule has 1 aromatic heterocycles. The maximum atomic E-state index is 9.48. The Morgan fingerprint density at radius 3 is 2.70 bits per heavy atom.